The van der Waals surface area contributed by atoms with Gasteiger partial charge in [0.05, 0.1) is 27.2 Å². The quantitative estimate of drug-likeness (QED) is 0.571. The number of rotatable bonds is 5. The minimum absolute atomic E-state index is 0.545. The van der Waals surface area contributed by atoms with Crippen molar-refractivity contribution < 1.29 is 4.48 Å². The Morgan fingerprint density at radius 2 is 1.79 bits per heavy atom. The normalized spacial score (nSPS) is 21.6. The van der Waals surface area contributed by atoms with E-state index < -0.39 is 0 Å². The fourth-order valence-electron chi connectivity index (χ4n) is 4.18. The number of nitrogens with zero attached hydrogens (tertiary/aromatic N) is 2. The molecule has 132 valence electrons. The second-order valence-corrected chi connectivity index (χ2v) is 7.48. The molecule has 1 unspecified atom stereocenters. The summed E-state index contributed by atoms with van der Waals surface area (Å²) in [6, 6.07) is 10.1. The zero-order valence-corrected chi connectivity index (χ0v) is 16.1. The van der Waals surface area contributed by atoms with Gasteiger partial charge in [0.25, 0.3) is 0 Å². The molecule has 1 aromatic carbocycles. The zero-order valence-electron chi connectivity index (χ0n) is 16.1. The van der Waals surface area contributed by atoms with Crippen molar-refractivity contribution in [1.29, 1.82) is 0 Å². The van der Waals surface area contributed by atoms with Crippen molar-refractivity contribution in [3.8, 4) is 0 Å². The molecule has 0 bridgehead atoms. The summed E-state index contributed by atoms with van der Waals surface area (Å²) in [6.45, 7) is 14.6. The molecule has 0 spiro atoms. The maximum absolute atomic E-state index is 4.27. The highest BCUT2D eigenvalue weighted by molar-refractivity contribution is 5.34. The molecule has 0 N–H and O–H groups in total. The molecule has 1 aromatic rings. The minimum atomic E-state index is 0.545. The lowest BCUT2D eigenvalue weighted by Crippen LogP contribution is -2.51. The highest BCUT2D eigenvalue weighted by Gasteiger charge is 2.37. The summed E-state index contributed by atoms with van der Waals surface area (Å²) in [6.07, 6.45) is 6.88. The average molecular weight is 328 g/mol. The molecular formula is C22H35N2+. The van der Waals surface area contributed by atoms with Crippen LogP contribution in [0, 0.1) is 0 Å². The Kier molecular flexibility index (Phi) is 6.28. The van der Waals surface area contributed by atoms with Gasteiger partial charge in [-0.25, -0.2) is 0 Å². The lowest BCUT2D eigenvalue weighted by Gasteiger charge is -2.39. The highest BCUT2D eigenvalue weighted by atomic mass is 15.4. The molecule has 1 atom stereocenters. The van der Waals surface area contributed by atoms with Crippen LogP contribution in [-0.2, 0) is 12.8 Å². The van der Waals surface area contributed by atoms with E-state index in [1.165, 1.54) is 30.5 Å². The Morgan fingerprint density at radius 1 is 1.21 bits per heavy atom. The fourth-order valence-corrected chi connectivity index (χ4v) is 4.18. The highest BCUT2D eigenvalue weighted by Crippen LogP contribution is 2.30. The van der Waals surface area contributed by atoms with Gasteiger partial charge in [0.1, 0.15) is 6.04 Å². The topological polar surface area (TPSA) is 3.24 Å². The van der Waals surface area contributed by atoms with Gasteiger partial charge in [-0.05, 0) is 30.0 Å². The maximum Gasteiger partial charge on any atom is 0.107 e. The monoisotopic (exact) mass is 327 g/mol. The smallest absolute Gasteiger partial charge is 0.107 e. The third-order valence-electron chi connectivity index (χ3n) is 5.74. The molecule has 1 fully saturated rings. The number of likely N-dealkylation sites (tertiary alicyclic amines) is 1. The van der Waals surface area contributed by atoms with Gasteiger partial charge in [-0.1, -0.05) is 51.3 Å². The van der Waals surface area contributed by atoms with Crippen molar-refractivity contribution in [1.82, 2.24) is 4.90 Å². The van der Waals surface area contributed by atoms with Crippen LogP contribution in [0.4, 0.5) is 0 Å². The summed E-state index contributed by atoms with van der Waals surface area (Å²) < 4.78 is 1.14. The molecule has 0 radical (unpaired) electrons. The van der Waals surface area contributed by atoms with Crippen molar-refractivity contribution in [3.05, 3.63) is 60.3 Å². The molecule has 0 saturated carbocycles. The van der Waals surface area contributed by atoms with Crippen LogP contribution in [0.15, 0.2) is 49.2 Å². The summed E-state index contributed by atoms with van der Waals surface area (Å²) in [5, 5.41) is 0. The van der Waals surface area contributed by atoms with Crippen molar-refractivity contribution in [2.75, 3.05) is 27.2 Å². The maximum atomic E-state index is 4.27. The van der Waals surface area contributed by atoms with Crippen LogP contribution >= 0.6 is 0 Å². The van der Waals surface area contributed by atoms with E-state index in [2.05, 4.69) is 56.4 Å². The van der Waals surface area contributed by atoms with Gasteiger partial charge < -0.3 is 9.38 Å². The van der Waals surface area contributed by atoms with E-state index in [0.29, 0.717) is 12.1 Å². The van der Waals surface area contributed by atoms with Gasteiger partial charge in [-0.2, -0.15) is 0 Å². The Balaban J connectivity index is 0.00000100. The van der Waals surface area contributed by atoms with E-state index in [9.17, 15) is 0 Å². The van der Waals surface area contributed by atoms with Gasteiger partial charge in [0.15, 0.2) is 0 Å². The third kappa shape index (κ3) is 3.92. The van der Waals surface area contributed by atoms with E-state index in [1.54, 1.807) is 0 Å². The van der Waals surface area contributed by atoms with Crippen LogP contribution in [-0.4, -0.2) is 48.7 Å². The summed E-state index contributed by atoms with van der Waals surface area (Å²) in [4.78, 5) is 2.53. The van der Waals surface area contributed by atoms with E-state index in [0.717, 1.165) is 29.6 Å². The first kappa shape index (κ1) is 18.8. The van der Waals surface area contributed by atoms with Crippen LogP contribution in [0.2, 0.25) is 0 Å². The lowest BCUT2D eigenvalue weighted by molar-refractivity contribution is -0.901. The Hall–Kier alpha value is -1.54. The summed E-state index contributed by atoms with van der Waals surface area (Å²) in [5.41, 5.74) is 4.11. The largest absolute Gasteiger partial charge is 0.362 e. The van der Waals surface area contributed by atoms with Gasteiger partial charge in [0, 0.05) is 24.6 Å². The van der Waals surface area contributed by atoms with E-state index >= 15 is 0 Å². The molecule has 0 amide bonds. The number of likely N-dealkylation sites (N-methyl/N-ethyl adjacent to an activating group) is 1. The molecule has 2 heteroatoms. The predicted molar refractivity (Wildman–Crippen MR) is 105 cm³/mol. The van der Waals surface area contributed by atoms with Crippen LogP contribution < -0.4 is 0 Å². The molecule has 0 aromatic heterocycles. The Labute approximate surface area is 149 Å². The lowest BCUT2D eigenvalue weighted by atomic mass is 10.1. The molecule has 1 aliphatic heterocycles. The van der Waals surface area contributed by atoms with E-state index in [-0.39, 0.29) is 0 Å². The standard InChI is InChI=1S/C20H29N2.C2H6/c1-5-16(2)21(15-20-11-8-12-22(20,3)4)19-13-17-9-6-7-10-18(17)14-19;1-2/h5-7,9-10,19-20H,1-2,8,11-15H2,3-4H3;1-2H3/q+1;. The minimum Gasteiger partial charge on any atom is -0.362 e. The van der Waals surface area contributed by atoms with Gasteiger partial charge in [0.2, 0.25) is 0 Å². The van der Waals surface area contributed by atoms with Crippen LogP contribution in [0.5, 0.6) is 0 Å². The van der Waals surface area contributed by atoms with Gasteiger partial charge in [-0.3, -0.25) is 0 Å². The summed E-state index contributed by atoms with van der Waals surface area (Å²) in [7, 11) is 4.74. The van der Waals surface area contributed by atoms with E-state index in [1.807, 2.05) is 19.9 Å². The molecule has 2 aliphatic rings. The van der Waals surface area contributed by atoms with Crippen molar-refractivity contribution >= 4 is 0 Å². The van der Waals surface area contributed by atoms with Crippen LogP contribution in [0.1, 0.15) is 37.8 Å². The van der Waals surface area contributed by atoms with Crippen LogP contribution in [0.25, 0.3) is 0 Å². The molecule has 24 heavy (non-hydrogen) atoms. The van der Waals surface area contributed by atoms with Crippen molar-refractivity contribution in [3.63, 3.8) is 0 Å². The summed E-state index contributed by atoms with van der Waals surface area (Å²) >= 11 is 0. The molecular weight excluding hydrogens is 292 g/mol. The number of benzene rings is 1. The number of hydrogen-bond acceptors (Lipinski definition) is 1. The molecule has 1 saturated heterocycles. The van der Waals surface area contributed by atoms with E-state index in [4.69, 9.17) is 0 Å². The first-order chi connectivity index (χ1) is 11.5. The Bertz CT molecular complexity index is 548. The Morgan fingerprint density at radius 3 is 2.25 bits per heavy atom. The third-order valence-corrected chi connectivity index (χ3v) is 5.74. The number of quaternary nitrogens is 1. The first-order valence-corrected chi connectivity index (χ1v) is 9.48. The molecule has 1 aliphatic carbocycles. The number of allylic oxidation sites excluding steroid dienone is 1. The number of hydrogen-bond donors (Lipinski definition) is 0. The van der Waals surface area contributed by atoms with Gasteiger partial charge >= 0.3 is 0 Å². The fraction of sp³-hybridized carbons (Fsp3) is 0.545. The second kappa shape index (κ2) is 8.02. The summed E-state index contributed by atoms with van der Waals surface area (Å²) in [5.74, 6) is 0. The number of fused-ring (bicyclic) bond motifs is 1. The van der Waals surface area contributed by atoms with Crippen molar-refractivity contribution in [2.24, 2.45) is 0 Å². The van der Waals surface area contributed by atoms with Crippen LogP contribution in [0.3, 0.4) is 0 Å². The second-order valence-electron chi connectivity index (χ2n) is 7.48. The zero-order chi connectivity index (χ0) is 17.7. The van der Waals surface area contributed by atoms with Crippen molar-refractivity contribution in [2.45, 2.75) is 51.6 Å². The SMILES string of the molecule is C=CC(=C)N(CC1CCC[N+]1(C)C)C1Cc2ccccc2C1.CC. The molecule has 1 heterocycles. The first-order valence-electron chi connectivity index (χ1n) is 9.48. The predicted octanol–water partition coefficient (Wildman–Crippen LogP) is 4.42. The average Bonchev–Trinajstić information content (AvgIpc) is 3.16. The van der Waals surface area contributed by atoms with Gasteiger partial charge in [-0.15, -0.1) is 0 Å². The molecule has 2 nitrogen and oxygen atoms in total. The molecule has 3 rings (SSSR count).